The molecule has 0 bridgehead atoms. The molecule has 0 spiro atoms. The van der Waals surface area contributed by atoms with Crippen LogP contribution in [0.3, 0.4) is 0 Å². The molecule has 110 valence electrons. The lowest BCUT2D eigenvalue weighted by Gasteiger charge is -2.27. The van der Waals surface area contributed by atoms with Gasteiger partial charge in [-0.1, -0.05) is 36.4 Å². The Hall–Kier alpha value is -1.87. The van der Waals surface area contributed by atoms with Crippen molar-refractivity contribution in [3.05, 3.63) is 48.0 Å². The number of fused-ring (bicyclic) bond motifs is 1. The second-order valence-electron chi connectivity index (χ2n) is 5.95. The molecule has 0 heterocycles. The molecule has 1 fully saturated rings. The monoisotopic (exact) mass is 283 g/mol. The van der Waals surface area contributed by atoms with Gasteiger partial charge in [0.15, 0.2) is 0 Å². The van der Waals surface area contributed by atoms with Crippen LogP contribution >= 0.6 is 0 Å². The zero-order valence-corrected chi connectivity index (χ0v) is 12.1. The van der Waals surface area contributed by atoms with Crippen molar-refractivity contribution in [1.29, 1.82) is 0 Å². The predicted octanol–water partition coefficient (Wildman–Crippen LogP) is 3.57. The zero-order valence-electron chi connectivity index (χ0n) is 12.1. The van der Waals surface area contributed by atoms with E-state index in [0.29, 0.717) is 6.04 Å². The molecule has 0 radical (unpaired) electrons. The van der Waals surface area contributed by atoms with Crippen molar-refractivity contribution in [3.8, 4) is 0 Å². The first kappa shape index (κ1) is 14.1. The van der Waals surface area contributed by atoms with E-state index in [9.17, 15) is 4.79 Å². The zero-order chi connectivity index (χ0) is 14.7. The van der Waals surface area contributed by atoms with Gasteiger partial charge in [-0.15, -0.1) is 0 Å². The molecule has 3 heteroatoms. The highest BCUT2D eigenvalue weighted by Crippen LogP contribution is 2.24. The minimum atomic E-state index is -0.636. The van der Waals surface area contributed by atoms with Gasteiger partial charge < -0.3 is 10.4 Å². The summed E-state index contributed by atoms with van der Waals surface area (Å²) in [6, 6.07) is 15.4. The molecule has 1 aliphatic rings. The summed E-state index contributed by atoms with van der Waals surface area (Å²) in [5.74, 6) is -0.772. The van der Waals surface area contributed by atoms with Crippen LogP contribution < -0.4 is 5.32 Å². The van der Waals surface area contributed by atoms with Gasteiger partial charge in [-0.2, -0.15) is 0 Å². The van der Waals surface area contributed by atoms with Crippen molar-refractivity contribution in [1.82, 2.24) is 5.32 Å². The third-order valence-electron chi connectivity index (χ3n) is 4.49. The molecule has 3 nitrogen and oxygen atoms in total. The Bertz CT molecular complexity index is 630. The molecule has 0 saturated heterocycles. The smallest absolute Gasteiger partial charge is 0.306 e. The predicted molar refractivity (Wildman–Crippen MR) is 84.2 cm³/mol. The largest absolute Gasteiger partial charge is 0.481 e. The van der Waals surface area contributed by atoms with Gasteiger partial charge in [0.1, 0.15) is 0 Å². The van der Waals surface area contributed by atoms with Gasteiger partial charge >= 0.3 is 5.97 Å². The van der Waals surface area contributed by atoms with Gasteiger partial charge in [0.05, 0.1) is 5.92 Å². The average Bonchev–Trinajstić information content (AvgIpc) is 2.53. The van der Waals surface area contributed by atoms with Gasteiger partial charge in [-0.3, -0.25) is 4.79 Å². The second-order valence-corrected chi connectivity index (χ2v) is 5.95. The van der Waals surface area contributed by atoms with Crippen LogP contribution in [0.5, 0.6) is 0 Å². The lowest BCUT2D eigenvalue weighted by Crippen LogP contribution is -2.34. The third-order valence-corrected chi connectivity index (χ3v) is 4.49. The van der Waals surface area contributed by atoms with E-state index in [2.05, 4.69) is 47.8 Å². The molecule has 0 amide bonds. The summed E-state index contributed by atoms with van der Waals surface area (Å²) in [6.07, 6.45) is 3.52. The van der Waals surface area contributed by atoms with E-state index in [1.807, 2.05) is 0 Å². The van der Waals surface area contributed by atoms with Crippen molar-refractivity contribution in [2.45, 2.75) is 38.3 Å². The standard InChI is InChI=1S/C18H21NO2/c20-18(21)15-7-9-17(10-8-15)19-12-13-5-6-14-3-1-2-4-16(14)11-13/h1-6,11,15,17,19H,7-10,12H2,(H,20,21). The summed E-state index contributed by atoms with van der Waals surface area (Å²) >= 11 is 0. The average molecular weight is 283 g/mol. The van der Waals surface area contributed by atoms with Crippen molar-refractivity contribution in [2.75, 3.05) is 0 Å². The maximum atomic E-state index is 10.9. The SMILES string of the molecule is O=C(O)C1CCC(NCc2ccc3ccccc3c2)CC1. The molecule has 0 unspecified atom stereocenters. The van der Waals surface area contributed by atoms with Gasteiger partial charge in [-0.05, 0) is 48.1 Å². The van der Waals surface area contributed by atoms with Crippen LogP contribution in [-0.2, 0) is 11.3 Å². The molecule has 2 N–H and O–H groups in total. The molecule has 1 aliphatic carbocycles. The lowest BCUT2D eigenvalue weighted by molar-refractivity contribution is -0.142. The second kappa shape index (κ2) is 6.27. The third kappa shape index (κ3) is 3.42. The molecule has 21 heavy (non-hydrogen) atoms. The van der Waals surface area contributed by atoms with Crippen LogP contribution in [-0.4, -0.2) is 17.1 Å². The number of carboxylic acids is 1. The van der Waals surface area contributed by atoms with E-state index in [-0.39, 0.29) is 5.92 Å². The number of rotatable bonds is 4. The topological polar surface area (TPSA) is 49.3 Å². The fourth-order valence-corrected chi connectivity index (χ4v) is 3.16. The first-order valence-electron chi connectivity index (χ1n) is 7.66. The Kier molecular flexibility index (Phi) is 4.20. The maximum Gasteiger partial charge on any atom is 0.306 e. The number of hydrogen-bond donors (Lipinski definition) is 2. The summed E-state index contributed by atoms with van der Waals surface area (Å²) in [7, 11) is 0. The Morgan fingerprint density at radius 3 is 2.48 bits per heavy atom. The summed E-state index contributed by atoms with van der Waals surface area (Å²) in [6.45, 7) is 0.854. The van der Waals surface area contributed by atoms with E-state index in [4.69, 9.17) is 5.11 Å². The highest BCUT2D eigenvalue weighted by atomic mass is 16.4. The Morgan fingerprint density at radius 2 is 1.76 bits per heavy atom. The molecule has 0 atom stereocenters. The molecule has 1 saturated carbocycles. The Labute approximate surface area is 125 Å². The molecule has 2 aromatic carbocycles. The van der Waals surface area contributed by atoms with Gasteiger partial charge in [-0.25, -0.2) is 0 Å². The minimum absolute atomic E-state index is 0.135. The quantitative estimate of drug-likeness (QED) is 0.901. The first-order chi connectivity index (χ1) is 10.2. The summed E-state index contributed by atoms with van der Waals surface area (Å²) in [5, 5.41) is 15.1. The highest BCUT2D eigenvalue weighted by Gasteiger charge is 2.25. The van der Waals surface area contributed by atoms with E-state index in [0.717, 1.165) is 32.2 Å². The molecule has 2 aromatic rings. The van der Waals surface area contributed by atoms with Gasteiger partial charge in [0.25, 0.3) is 0 Å². The molecule has 3 rings (SSSR count). The van der Waals surface area contributed by atoms with E-state index >= 15 is 0 Å². The van der Waals surface area contributed by atoms with Crippen molar-refractivity contribution >= 4 is 16.7 Å². The summed E-state index contributed by atoms with van der Waals surface area (Å²) in [4.78, 5) is 10.9. The normalized spacial score (nSPS) is 22.3. The van der Waals surface area contributed by atoms with Crippen LogP contribution in [0.1, 0.15) is 31.2 Å². The fraction of sp³-hybridized carbons (Fsp3) is 0.389. The molecular formula is C18H21NO2. The van der Waals surface area contributed by atoms with Crippen LogP contribution in [0, 0.1) is 5.92 Å². The van der Waals surface area contributed by atoms with Crippen LogP contribution in [0.2, 0.25) is 0 Å². The molecule has 0 aromatic heterocycles. The molecular weight excluding hydrogens is 262 g/mol. The Morgan fingerprint density at radius 1 is 1.05 bits per heavy atom. The first-order valence-corrected chi connectivity index (χ1v) is 7.66. The minimum Gasteiger partial charge on any atom is -0.481 e. The van der Waals surface area contributed by atoms with Gasteiger partial charge in [0.2, 0.25) is 0 Å². The van der Waals surface area contributed by atoms with Crippen molar-refractivity contribution in [3.63, 3.8) is 0 Å². The van der Waals surface area contributed by atoms with E-state index in [1.165, 1.54) is 16.3 Å². The Balaban J connectivity index is 1.56. The molecule has 0 aliphatic heterocycles. The fourth-order valence-electron chi connectivity index (χ4n) is 3.16. The number of nitrogens with one attached hydrogen (secondary N) is 1. The van der Waals surface area contributed by atoms with Gasteiger partial charge in [0, 0.05) is 12.6 Å². The van der Waals surface area contributed by atoms with E-state index in [1.54, 1.807) is 0 Å². The maximum absolute atomic E-state index is 10.9. The van der Waals surface area contributed by atoms with Crippen LogP contribution in [0.15, 0.2) is 42.5 Å². The highest BCUT2D eigenvalue weighted by molar-refractivity contribution is 5.82. The number of benzene rings is 2. The lowest BCUT2D eigenvalue weighted by atomic mass is 9.86. The van der Waals surface area contributed by atoms with Crippen LogP contribution in [0.25, 0.3) is 10.8 Å². The van der Waals surface area contributed by atoms with Crippen LogP contribution in [0.4, 0.5) is 0 Å². The number of hydrogen-bond acceptors (Lipinski definition) is 2. The van der Waals surface area contributed by atoms with Crippen molar-refractivity contribution < 1.29 is 9.90 Å². The van der Waals surface area contributed by atoms with Crippen molar-refractivity contribution in [2.24, 2.45) is 5.92 Å². The summed E-state index contributed by atoms with van der Waals surface area (Å²) in [5.41, 5.74) is 1.29. The van der Waals surface area contributed by atoms with E-state index < -0.39 is 5.97 Å². The number of aliphatic carboxylic acids is 1. The number of carbonyl (C=O) groups is 1. The summed E-state index contributed by atoms with van der Waals surface area (Å²) < 4.78 is 0. The number of carboxylic acid groups (broad SMARTS) is 1.